The zero-order valence-corrected chi connectivity index (χ0v) is 14.4. The molecular formula is C16H29N3OS. The van der Waals surface area contributed by atoms with Gasteiger partial charge in [0.05, 0.1) is 6.04 Å². The highest BCUT2D eigenvalue weighted by Crippen LogP contribution is 2.17. The molecule has 0 spiro atoms. The molecule has 21 heavy (non-hydrogen) atoms. The van der Waals surface area contributed by atoms with Crippen LogP contribution < -0.4 is 5.73 Å². The van der Waals surface area contributed by atoms with Gasteiger partial charge in [-0.05, 0) is 19.8 Å². The number of carbonyl (C=O) groups is 1. The van der Waals surface area contributed by atoms with Crippen LogP contribution in [-0.2, 0) is 0 Å². The smallest absolute Gasteiger partial charge is 0.273 e. The molecule has 1 atom stereocenters. The Balaban J connectivity index is 2.66. The van der Waals surface area contributed by atoms with Crippen molar-refractivity contribution in [1.29, 1.82) is 0 Å². The Morgan fingerprint density at radius 1 is 1.24 bits per heavy atom. The molecule has 1 aromatic rings. The van der Waals surface area contributed by atoms with Crippen molar-refractivity contribution in [2.24, 2.45) is 5.73 Å². The highest BCUT2D eigenvalue weighted by Gasteiger charge is 2.19. The fourth-order valence-corrected chi connectivity index (χ4v) is 2.93. The van der Waals surface area contributed by atoms with Crippen LogP contribution in [0.25, 0.3) is 0 Å². The Labute approximate surface area is 132 Å². The topological polar surface area (TPSA) is 59.2 Å². The Kier molecular flexibility index (Phi) is 8.54. The van der Waals surface area contributed by atoms with Crippen LogP contribution in [0, 0.1) is 0 Å². The van der Waals surface area contributed by atoms with Gasteiger partial charge in [0, 0.05) is 18.5 Å². The first kappa shape index (κ1) is 18.1. The average molecular weight is 311 g/mol. The van der Waals surface area contributed by atoms with Crippen LogP contribution >= 0.6 is 11.3 Å². The lowest BCUT2D eigenvalue weighted by Crippen LogP contribution is -2.33. The van der Waals surface area contributed by atoms with Crippen LogP contribution in [-0.4, -0.2) is 28.9 Å². The number of hydrogen-bond donors (Lipinski definition) is 1. The van der Waals surface area contributed by atoms with E-state index in [1.165, 1.54) is 37.0 Å². The SMILES string of the molecule is CCCCCN(CCCCC)C(=O)c1csc(C(C)N)n1. The molecule has 0 aliphatic rings. The summed E-state index contributed by atoms with van der Waals surface area (Å²) in [5.41, 5.74) is 6.38. The number of carbonyl (C=O) groups excluding carboxylic acids is 1. The average Bonchev–Trinajstić information content (AvgIpc) is 2.95. The molecule has 1 aromatic heterocycles. The summed E-state index contributed by atoms with van der Waals surface area (Å²) < 4.78 is 0. The van der Waals surface area contributed by atoms with Crippen molar-refractivity contribution in [3.8, 4) is 0 Å². The van der Waals surface area contributed by atoms with Crippen molar-refractivity contribution in [1.82, 2.24) is 9.88 Å². The van der Waals surface area contributed by atoms with Crippen LogP contribution in [0.15, 0.2) is 5.38 Å². The summed E-state index contributed by atoms with van der Waals surface area (Å²) in [5, 5.41) is 2.67. The zero-order valence-electron chi connectivity index (χ0n) is 13.6. The molecule has 0 saturated carbocycles. The predicted octanol–water partition coefficient (Wildman–Crippen LogP) is 3.99. The fraction of sp³-hybridized carbons (Fsp3) is 0.750. The van der Waals surface area contributed by atoms with Gasteiger partial charge in [-0.25, -0.2) is 4.98 Å². The van der Waals surface area contributed by atoms with Gasteiger partial charge < -0.3 is 10.6 Å². The fourth-order valence-electron chi connectivity index (χ4n) is 2.18. The van der Waals surface area contributed by atoms with E-state index >= 15 is 0 Å². The molecule has 0 radical (unpaired) electrons. The van der Waals surface area contributed by atoms with E-state index in [0.29, 0.717) is 5.69 Å². The molecule has 1 amide bonds. The first-order valence-electron chi connectivity index (χ1n) is 8.10. The van der Waals surface area contributed by atoms with E-state index in [-0.39, 0.29) is 11.9 Å². The van der Waals surface area contributed by atoms with Crippen LogP contribution in [0.2, 0.25) is 0 Å². The molecule has 1 unspecified atom stereocenters. The van der Waals surface area contributed by atoms with Crippen molar-refractivity contribution >= 4 is 17.2 Å². The normalized spacial score (nSPS) is 12.4. The summed E-state index contributed by atoms with van der Waals surface area (Å²) in [6.45, 7) is 7.92. The van der Waals surface area contributed by atoms with Crippen LogP contribution in [0.1, 0.15) is 80.8 Å². The van der Waals surface area contributed by atoms with E-state index in [2.05, 4.69) is 18.8 Å². The third-order valence-electron chi connectivity index (χ3n) is 3.48. The van der Waals surface area contributed by atoms with E-state index in [1.54, 1.807) is 0 Å². The number of nitrogens with two attached hydrogens (primary N) is 1. The van der Waals surface area contributed by atoms with Crippen molar-refractivity contribution in [2.45, 2.75) is 65.3 Å². The molecule has 0 fully saturated rings. The standard InChI is InChI=1S/C16H29N3OS/c1-4-6-8-10-19(11-9-7-5-2)16(20)14-12-21-15(18-14)13(3)17/h12-13H,4-11,17H2,1-3H3. The molecule has 0 saturated heterocycles. The van der Waals surface area contributed by atoms with Gasteiger partial charge in [-0.1, -0.05) is 39.5 Å². The van der Waals surface area contributed by atoms with Crippen molar-refractivity contribution in [3.63, 3.8) is 0 Å². The van der Waals surface area contributed by atoms with Gasteiger partial charge in [0.25, 0.3) is 5.91 Å². The second-order valence-corrected chi connectivity index (χ2v) is 6.46. The second-order valence-electron chi connectivity index (χ2n) is 5.57. The first-order valence-corrected chi connectivity index (χ1v) is 8.98. The molecule has 2 N–H and O–H groups in total. The summed E-state index contributed by atoms with van der Waals surface area (Å²) in [6, 6.07) is -0.106. The minimum Gasteiger partial charge on any atom is -0.337 e. The molecule has 0 aromatic carbocycles. The maximum Gasteiger partial charge on any atom is 0.273 e. The molecule has 1 heterocycles. The third-order valence-corrected chi connectivity index (χ3v) is 4.53. The number of aromatic nitrogens is 1. The number of unbranched alkanes of at least 4 members (excludes halogenated alkanes) is 4. The van der Waals surface area contributed by atoms with Crippen molar-refractivity contribution < 1.29 is 4.79 Å². The number of rotatable bonds is 10. The lowest BCUT2D eigenvalue weighted by molar-refractivity contribution is 0.0744. The van der Waals surface area contributed by atoms with Crippen LogP contribution in [0.5, 0.6) is 0 Å². The number of hydrogen-bond acceptors (Lipinski definition) is 4. The molecule has 0 aliphatic carbocycles. The number of thiazole rings is 1. The Morgan fingerprint density at radius 3 is 2.24 bits per heavy atom. The molecular weight excluding hydrogens is 282 g/mol. The number of nitrogens with zero attached hydrogens (tertiary/aromatic N) is 2. The highest BCUT2D eigenvalue weighted by atomic mass is 32.1. The summed E-state index contributed by atoms with van der Waals surface area (Å²) in [5.74, 6) is 0.0605. The highest BCUT2D eigenvalue weighted by molar-refractivity contribution is 7.09. The molecule has 4 nitrogen and oxygen atoms in total. The monoisotopic (exact) mass is 311 g/mol. The van der Waals surface area contributed by atoms with Gasteiger partial charge in [-0.2, -0.15) is 0 Å². The van der Waals surface area contributed by atoms with E-state index in [0.717, 1.165) is 30.9 Å². The van der Waals surface area contributed by atoms with E-state index in [9.17, 15) is 4.79 Å². The third kappa shape index (κ3) is 6.14. The largest absolute Gasteiger partial charge is 0.337 e. The molecule has 0 aliphatic heterocycles. The lowest BCUT2D eigenvalue weighted by Gasteiger charge is -2.21. The molecule has 0 bridgehead atoms. The lowest BCUT2D eigenvalue weighted by atomic mass is 10.2. The molecule has 1 rings (SSSR count). The van der Waals surface area contributed by atoms with E-state index in [1.807, 2.05) is 17.2 Å². The first-order chi connectivity index (χ1) is 10.1. The zero-order chi connectivity index (χ0) is 15.7. The van der Waals surface area contributed by atoms with Gasteiger partial charge in [-0.15, -0.1) is 11.3 Å². The van der Waals surface area contributed by atoms with Gasteiger partial charge >= 0.3 is 0 Å². The number of amides is 1. The molecule has 5 heteroatoms. The minimum absolute atomic E-state index is 0.0605. The van der Waals surface area contributed by atoms with Gasteiger partial charge in [0.1, 0.15) is 10.7 Å². The maximum atomic E-state index is 12.6. The van der Waals surface area contributed by atoms with Crippen LogP contribution in [0.3, 0.4) is 0 Å². The van der Waals surface area contributed by atoms with Gasteiger partial charge in [-0.3, -0.25) is 4.79 Å². The summed E-state index contributed by atoms with van der Waals surface area (Å²) in [4.78, 5) is 19.0. The Bertz CT molecular complexity index is 407. The summed E-state index contributed by atoms with van der Waals surface area (Å²) >= 11 is 1.48. The van der Waals surface area contributed by atoms with Crippen molar-refractivity contribution in [3.05, 3.63) is 16.1 Å². The summed E-state index contributed by atoms with van der Waals surface area (Å²) in [7, 11) is 0. The van der Waals surface area contributed by atoms with Gasteiger partial charge in [0.2, 0.25) is 0 Å². The summed E-state index contributed by atoms with van der Waals surface area (Å²) in [6.07, 6.45) is 6.81. The Hall–Kier alpha value is -0.940. The van der Waals surface area contributed by atoms with E-state index in [4.69, 9.17) is 5.73 Å². The van der Waals surface area contributed by atoms with E-state index < -0.39 is 0 Å². The Morgan fingerprint density at radius 2 is 1.81 bits per heavy atom. The maximum absolute atomic E-state index is 12.6. The predicted molar refractivity (Wildman–Crippen MR) is 89.7 cm³/mol. The van der Waals surface area contributed by atoms with Crippen LogP contribution in [0.4, 0.5) is 0 Å². The minimum atomic E-state index is -0.106. The van der Waals surface area contributed by atoms with Gasteiger partial charge in [0.15, 0.2) is 0 Å². The second kappa shape index (κ2) is 9.90. The van der Waals surface area contributed by atoms with Crippen molar-refractivity contribution in [2.75, 3.05) is 13.1 Å². The quantitative estimate of drug-likeness (QED) is 0.665. The molecule has 120 valence electrons.